The van der Waals surface area contributed by atoms with Crippen LogP contribution in [-0.4, -0.2) is 54.7 Å². The number of hydrogen-bond acceptors (Lipinski definition) is 5. The summed E-state index contributed by atoms with van der Waals surface area (Å²) in [6.07, 6.45) is 12.4. The van der Waals surface area contributed by atoms with E-state index < -0.39 is 0 Å². The number of carbonyl (C=O) groups excluding carboxylic acids is 1. The lowest BCUT2D eigenvalue weighted by molar-refractivity contribution is -0.121. The third kappa shape index (κ3) is 7.70. The molecule has 4 rings (SSSR count). The summed E-state index contributed by atoms with van der Waals surface area (Å²) in [6.45, 7) is 8.64. The molecule has 0 unspecified atom stereocenters. The molecule has 2 heterocycles. The van der Waals surface area contributed by atoms with Crippen molar-refractivity contribution in [1.29, 1.82) is 0 Å². The molecule has 1 atom stereocenters. The number of ether oxygens (including phenoxy) is 2. The van der Waals surface area contributed by atoms with Gasteiger partial charge >= 0.3 is 0 Å². The highest BCUT2D eigenvalue weighted by atomic mass is 16.5. The maximum atomic E-state index is 12.6. The fourth-order valence-electron chi connectivity index (χ4n) is 5.49. The topological polar surface area (TPSA) is 63.7 Å². The van der Waals surface area contributed by atoms with E-state index in [1.54, 1.807) is 0 Å². The molecule has 1 aromatic carbocycles. The summed E-state index contributed by atoms with van der Waals surface area (Å²) in [5.41, 5.74) is 2.75. The van der Waals surface area contributed by atoms with E-state index in [1.807, 2.05) is 43.5 Å². The Hall–Kier alpha value is -2.60. The Morgan fingerprint density at radius 2 is 1.83 bits per heavy atom. The highest BCUT2D eigenvalue weighted by Crippen LogP contribution is 2.33. The first-order valence-electron chi connectivity index (χ1n) is 14.0. The minimum absolute atomic E-state index is 0.0520. The van der Waals surface area contributed by atoms with Gasteiger partial charge in [0.15, 0.2) is 0 Å². The first-order chi connectivity index (χ1) is 17.6. The monoisotopic (exact) mass is 493 g/mol. The molecule has 6 nitrogen and oxygen atoms in total. The van der Waals surface area contributed by atoms with Gasteiger partial charge in [0.1, 0.15) is 18.1 Å². The largest absolute Gasteiger partial charge is 0.494 e. The molecule has 1 amide bonds. The number of nitrogens with one attached hydrogen (secondary N) is 1. The van der Waals surface area contributed by atoms with Gasteiger partial charge in [-0.2, -0.15) is 0 Å². The molecule has 0 radical (unpaired) electrons. The van der Waals surface area contributed by atoms with Crippen molar-refractivity contribution in [3.8, 4) is 22.6 Å². The molecule has 0 spiro atoms. The van der Waals surface area contributed by atoms with Gasteiger partial charge in [0.2, 0.25) is 5.91 Å². The zero-order valence-corrected chi connectivity index (χ0v) is 22.1. The van der Waals surface area contributed by atoms with Crippen molar-refractivity contribution in [3.05, 3.63) is 42.2 Å². The lowest BCUT2D eigenvalue weighted by Gasteiger charge is -2.28. The number of benzene rings is 1. The average Bonchev–Trinajstić information content (AvgIpc) is 2.91. The van der Waals surface area contributed by atoms with Gasteiger partial charge in [-0.15, -0.1) is 0 Å². The van der Waals surface area contributed by atoms with Crippen LogP contribution in [0.25, 0.3) is 11.1 Å². The SMILES string of the molecule is CCOc1ccc(-c2ccc(CC(=O)N[C@H](C)C3CCCCC3)nc2)c(OCCN2CCCCC2)c1. The van der Waals surface area contributed by atoms with E-state index in [2.05, 4.69) is 22.1 Å². The third-order valence-electron chi connectivity index (χ3n) is 7.60. The molecule has 1 N–H and O–H groups in total. The predicted octanol–water partition coefficient (Wildman–Crippen LogP) is 5.64. The van der Waals surface area contributed by atoms with Crippen LogP contribution in [0.1, 0.15) is 70.9 Å². The Morgan fingerprint density at radius 3 is 2.56 bits per heavy atom. The van der Waals surface area contributed by atoms with Crippen LogP contribution < -0.4 is 14.8 Å². The van der Waals surface area contributed by atoms with Gasteiger partial charge in [-0.3, -0.25) is 14.7 Å². The van der Waals surface area contributed by atoms with E-state index in [9.17, 15) is 4.79 Å². The predicted molar refractivity (Wildman–Crippen MR) is 145 cm³/mol. The van der Waals surface area contributed by atoms with Gasteiger partial charge in [0.05, 0.1) is 13.0 Å². The molecule has 1 aliphatic heterocycles. The minimum Gasteiger partial charge on any atom is -0.494 e. The molecule has 6 heteroatoms. The second kappa shape index (κ2) is 13.6. The molecule has 2 aliphatic rings. The molecule has 196 valence electrons. The number of amides is 1. The second-order valence-electron chi connectivity index (χ2n) is 10.3. The molecular formula is C30H43N3O3. The Balaban J connectivity index is 1.37. The van der Waals surface area contributed by atoms with Gasteiger partial charge in [-0.1, -0.05) is 31.7 Å². The second-order valence-corrected chi connectivity index (χ2v) is 10.3. The van der Waals surface area contributed by atoms with E-state index in [4.69, 9.17) is 9.47 Å². The van der Waals surface area contributed by atoms with Gasteiger partial charge in [0.25, 0.3) is 0 Å². The van der Waals surface area contributed by atoms with Crippen LogP contribution in [0.4, 0.5) is 0 Å². The van der Waals surface area contributed by atoms with Crippen LogP contribution in [0.5, 0.6) is 11.5 Å². The van der Waals surface area contributed by atoms with Gasteiger partial charge in [0, 0.05) is 41.7 Å². The molecule has 1 aromatic heterocycles. The maximum absolute atomic E-state index is 12.6. The van der Waals surface area contributed by atoms with Crippen LogP contribution in [0.3, 0.4) is 0 Å². The third-order valence-corrected chi connectivity index (χ3v) is 7.60. The fraction of sp³-hybridized carbons (Fsp3) is 0.600. The van der Waals surface area contributed by atoms with Gasteiger partial charge in [-0.05, 0) is 76.7 Å². The van der Waals surface area contributed by atoms with Crippen molar-refractivity contribution in [2.45, 2.75) is 77.7 Å². The van der Waals surface area contributed by atoms with Crippen LogP contribution in [0.2, 0.25) is 0 Å². The smallest absolute Gasteiger partial charge is 0.226 e. The van der Waals surface area contributed by atoms with Crippen LogP contribution >= 0.6 is 0 Å². The van der Waals surface area contributed by atoms with Crippen LogP contribution in [-0.2, 0) is 11.2 Å². The fourth-order valence-corrected chi connectivity index (χ4v) is 5.49. The van der Waals surface area contributed by atoms with Gasteiger partial charge < -0.3 is 14.8 Å². The zero-order chi connectivity index (χ0) is 25.2. The van der Waals surface area contributed by atoms with E-state index in [0.717, 1.165) is 48.0 Å². The van der Waals surface area contributed by atoms with E-state index >= 15 is 0 Å². The normalized spacial score (nSPS) is 17.9. The summed E-state index contributed by atoms with van der Waals surface area (Å²) >= 11 is 0. The number of likely N-dealkylation sites (tertiary alicyclic amines) is 1. The number of pyridine rings is 1. The number of piperidine rings is 1. The minimum atomic E-state index is 0.0520. The van der Waals surface area contributed by atoms with E-state index in [1.165, 1.54) is 51.4 Å². The van der Waals surface area contributed by atoms with Gasteiger partial charge in [-0.25, -0.2) is 0 Å². The van der Waals surface area contributed by atoms with Crippen molar-refractivity contribution in [2.24, 2.45) is 5.92 Å². The Bertz CT molecular complexity index is 950. The summed E-state index contributed by atoms with van der Waals surface area (Å²) in [5, 5.41) is 3.21. The van der Waals surface area contributed by atoms with Crippen molar-refractivity contribution in [3.63, 3.8) is 0 Å². The highest BCUT2D eigenvalue weighted by molar-refractivity contribution is 5.78. The molecule has 1 aliphatic carbocycles. The highest BCUT2D eigenvalue weighted by Gasteiger charge is 2.21. The number of nitrogens with zero attached hydrogens (tertiary/aromatic N) is 2. The van der Waals surface area contributed by atoms with Crippen LogP contribution in [0.15, 0.2) is 36.5 Å². The standard InChI is InChI=1S/C30H43N3O3/c1-3-35-27-14-15-28(29(21-27)36-19-18-33-16-8-5-9-17-33)25-12-13-26(31-22-25)20-30(34)32-23(2)24-10-6-4-7-11-24/h12-15,21-24H,3-11,16-20H2,1-2H3,(H,32,34)/t23-/m1/s1. The quantitative estimate of drug-likeness (QED) is 0.439. The summed E-state index contributed by atoms with van der Waals surface area (Å²) in [7, 11) is 0. The van der Waals surface area contributed by atoms with E-state index in [0.29, 0.717) is 25.6 Å². The summed E-state index contributed by atoms with van der Waals surface area (Å²) in [5.74, 6) is 2.27. The summed E-state index contributed by atoms with van der Waals surface area (Å²) in [6, 6.07) is 10.2. The summed E-state index contributed by atoms with van der Waals surface area (Å²) < 4.78 is 12.0. The molecule has 1 saturated heterocycles. The lowest BCUT2D eigenvalue weighted by Crippen LogP contribution is -2.39. The van der Waals surface area contributed by atoms with Crippen molar-refractivity contribution in [1.82, 2.24) is 15.2 Å². The number of carbonyl (C=O) groups is 1. The Labute approximate surface area is 216 Å². The van der Waals surface area contributed by atoms with Crippen LogP contribution in [0, 0.1) is 5.92 Å². The van der Waals surface area contributed by atoms with Crippen molar-refractivity contribution < 1.29 is 14.3 Å². The van der Waals surface area contributed by atoms with Crippen molar-refractivity contribution >= 4 is 5.91 Å². The maximum Gasteiger partial charge on any atom is 0.226 e. The Kier molecular flexibility index (Phi) is 10.0. The Morgan fingerprint density at radius 1 is 1.06 bits per heavy atom. The summed E-state index contributed by atoms with van der Waals surface area (Å²) in [4.78, 5) is 19.7. The number of rotatable bonds is 11. The molecule has 2 aromatic rings. The molecule has 0 bridgehead atoms. The number of aromatic nitrogens is 1. The zero-order valence-electron chi connectivity index (χ0n) is 22.1. The average molecular weight is 494 g/mol. The first-order valence-corrected chi connectivity index (χ1v) is 14.0. The van der Waals surface area contributed by atoms with Crippen molar-refractivity contribution in [2.75, 3.05) is 32.8 Å². The molecule has 1 saturated carbocycles. The van der Waals surface area contributed by atoms with E-state index in [-0.39, 0.29) is 11.9 Å². The first kappa shape index (κ1) is 26.5. The number of hydrogen-bond donors (Lipinski definition) is 1. The molecule has 36 heavy (non-hydrogen) atoms. The molecule has 2 fully saturated rings. The molecular weight excluding hydrogens is 450 g/mol. The lowest BCUT2D eigenvalue weighted by atomic mass is 9.84.